The molecule has 6 heteroatoms. The highest BCUT2D eigenvalue weighted by atomic mass is 16.4. The van der Waals surface area contributed by atoms with E-state index in [2.05, 4.69) is 4.98 Å². The summed E-state index contributed by atoms with van der Waals surface area (Å²) in [4.78, 5) is 25.5. The fourth-order valence-corrected chi connectivity index (χ4v) is 1.08. The minimum absolute atomic E-state index is 0.0489. The molecule has 0 aliphatic rings. The van der Waals surface area contributed by atoms with Crippen molar-refractivity contribution in [3.63, 3.8) is 0 Å². The summed E-state index contributed by atoms with van der Waals surface area (Å²) in [6, 6.07) is 1.32. The van der Waals surface area contributed by atoms with Gasteiger partial charge in [0.05, 0.1) is 6.42 Å². The van der Waals surface area contributed by atoms with E-state index >= 15 is 0 Å². The van der Waals surface area contributed by atoms with E-state index in [4.69, 9.17) is 10.8 Å². The zero-order chi connectivity index (χ0) is 10.7. The van der Waals surface area contributed by atoms with Gasteiger partial charge in [0, 0.05) is 18.3 Å². The first kappa shape index (κ1) is 10.2. The van der Waals surface area contributed by atoms with Crippen LogP contribution in [0.5, 0.6) is 0 Å². The van der Waals surface area contributed by atoms with Crippen molar-refractivity contribution in [3.05, 3.63) is 22.1 Å². The summed E-state index contributed by atoms with van der Waals surface area (Å²) in [5.41, 5.74) is 5.67. The van der Waals surface area contributed by atoms with Crippen molar-refractivity contribution in [3.8, 4) is 0 Å². The number of anilines is 1. The smallest absolute Gasteiger partial charge is 0.305 e. The lowest BCUT2D eigenvalue weighted by molar-refractivity contribution is -0.137. The van der Waals surface area contributed by atoms with Crippen LogP contribution in [-0.4, -0.2) is 20.6 Å². The summed E-state index contributed by atoms with van der Waals surface area (Å²) in [7, 11) is 0. The molecule has 0 saturated carbocycles. The molecule has 0 saturated heterocycles. The number of aromatic nitrogens is 2. The fourth-order valence-electron chi connectivity index (χ4n) is 1.08. The Morgan fingerprint density at radius 3 is 2.86 bits per heavy atom. The van der Waals surface area contributed by atoms with Gasteiger partial charge in [-0.25, -0.2) is 4.98 Å². The number of rotatable bonds is 3. The van der Waals surface area contributed by atoms with Crippen molar-refractivity contribution in [1.82, 2.24) is 9.55 Å². The van der Waals surface area contributed by atoms with E-state index in [0.29, 0.717) is 5.69 Å². The molecule has 1 aromatic rings. The van der Waals surface area contributed by atoms with Crippen LogP contribution in [0, 0.1) is 6.92 Å². The summed E-state index contributed by atoms with van der Waals surface area (Å²) >= 11 is 0. The van der Waals surface area contributed by atoms with E-state index in [9.17, 15) is 9.59 Å². The molecule has 1 aromatic heterocycles. The number of aryl methyl sites for hydroxylation is 1. The molecule has 0 aromatic carbocycles. The Kier molecular flexibility index (Phi) is 2.85. The van der Waals surface area contributed by atoms with Crippen molar-refractivity contribution in [1.29, 1.82) is 0 Å². The third-order valence-electron chi connectivity index (χ3n) is 1.72. The maximum atomic E-state index is 11.3. The second-order valence-corrected chi connectivity index (χ2v) is 2.89. The predicted molar refractivity (Wildman–Crippen MR) is 49.9 cm³/mol. The number of hydrogen-bond donors (Lipinski definition) is 2. The zero-order valence-corrected chi connectivity index (χ0v) is 7.73. The Morgan fingerprint density at radius 1 is 1.71 bits per heavy atom. The molecule has 0 amide bonds. The summed E-state index contributed by atoms with van der Waals surface area (Å²) in [6.07, 6.45) is -0.144. The molecule has 3 N–H and O–H groups in total. The van der Waals surface area contributed by atoms with Gasteiger partial charge in [0.25, 0.3) is 5.56 Å². The van der Waals surface area contributed by atoms with Crippen molar-refractivity contribution in [2.24, 2.45) is 0 Å². The molecule has 0 unspecified atom stereocenters. The third-order valence-corrected chi connectivity index (χ3v) is 1.72. The largest absolute Gasteiger partial charge is 0.481 e. The number of hydrogen-bond acceptors (Lipinski definition) is 4. The molecule has 0 fully saturated rings. The summed E-state index contributed by atoms with van der Waals surface area (Å²) in [6.45, 7) is 1.70. The van der Waals surface area contributed by atoms with Crippen molar-refractivity contribution >= 4 is 11.9 Å². The second kappa shape index (κ2) is 3.91. The van der Waals surface area contributed by atoms with Crippen LogP contribution in [0.2, 0.25) is 0 Å². The number of nitrogens with zero attached hydrogens (tertiary/aromatic N) is 2. The quantitative estimate of drug-likeness (QED) is 0.687. The number of nitrogen functional groups attached to an aromatic ring is 1. The molecule has 0 spiro atoms. The highest BCUT2D eigenvalue weighted by Gasteiger charge is 2.05. The lowest BCUT2D eigenvalue weighted by Gasteiger charge is -2.06. The van der Waals surface area contributed by atoms with Gasteiger partial charge in [-0.05, 0) is 6.92 Å². The molecule has 0 bridgehead atoms. The summed E-state index contributed by atoms with van der Waals surface area (Å²) in [5, 5.41) is 8.43. The molecular formula is C8H11N3O3. The molecular weight excluding hydrogens is 186 g/mol. The van der Waals surface area contributed by atoms with Crippen LogP contribution in [0.15, 0.2) is 10.9 Å². The normalized spacial score (nSPS) is 10.1. The maximum absolute atomic E-state index is 11.3. The topological polar surface area (TPSA) is 98.2 Å². The van der Waals surface area contributed by atoms with Gasteiger partial charge in [0.15, 0.2) is 0 Å². The molecule has 14 heavy (non-hydrogen) atoms. The summed E-state index contributed by atoms with van der Waals surface area (Å²) < 4.78 is 1.14. The summed E-state index contributed by atoms with van der Waals surface area (Å²) in [5.74, 6) is -0.923. The average Bonchev–Trinajstić information content (AvgIpc) is 2.01. The van der Waals surface area contributed by atoms with Gasteiger partial charge in [-0.1, -0.05) is 0 Å². The molecule has 0 aliphatic heterocycles. The second-order valence-electron chi connectivity index (χ2n) is 2.89. The number of carbonyl (C=O) groups is 1. The Balaban J connectivity index is 2.97. The van der Waals surface area contributed by atoms with Gasteiger partial charge in [0.1, 0.15) is 0 Å². The van der Waals surface area contributed by atoms with Crippen LogP contribution in [-0.2, 0) is 11.3 Å². The number of nitrogens with two attached hydrogens (primary N) is 1. The Labute approximate surface area is 80.0 Å². The molecule has 1 rings (SSSR count). The maximum Gasteiger partial charge on any atom is 0.305 e. The zero-order valence-electron chi connectivity index (χ0n) is 7.73. The van der Waals surface area contributed by atoms with Gasteiger partial charge in [-0.2, -0.15) is 0 Å². The predicted octanol–water partition coefficient (Wildman–Crippen LogP) is -0.391. The first-order chi connectivity index (χ1) is 6.50. The van der Waals surface area contributed by atoms with Crippen LogP contribution in [0.3, 0.4) is 0 Å². The van der Waals surface area contributed by atoms with E-state index in [-0.39, 0.29) is 24.5 Å². The highest BCUT2D eigenvalue weighted by molar-refractivity contribution is 5.66. The van der Waals surface area contributed by atoms with Gasteiger partial charge in [-0.3, -0.25) is 14.2 Å². The molecule has 1 heterocycles. The lowest BCUT2D eigenvalue weighted by atomic mass is 10.4. The Morgan fingerprint density at radius 2 is 2.36 bits per heavy atom. The van der Waals surface area contributed by atoms with E-state index in [1.165, 1.54) is 6.07 Å². The standard InChI is InChI=1S/C8H11N3O3/c1-5-4-6(12)11(8(9)10-5)3-2-7(13)14/h4H,2-3H2,1H3,(H2,9,10)(H,13,14). The van der Waals surface area contributed by atoms with Crippen LogP contribution in [0.1, 0.15) is 12.1 Å². The van der Waals surface area contributed by atoms with Gasteiger partial charge in [-0.15, -0.1) is 0 Å². The Bertz CT molecular complexity index is 411. The van der Waals surface area contributed by atoms with Crippen molar-refractivity contribution < 1.29 is 9.90 Å². The first-order valence-corrected chi connectivity index (χ1v) is 4.06. The number of carboxylic acids is 1. The van der Waals surface area contributed by atoms with Crippen LogP contribution < -0.4 is 11.3 Å². The first-order valence-electron chi connectivity index (χ1n) is 4.06. The molecule has 76 valence electrons. The van der Waals surface area contributed by atoms with Crippen LogP contribution >= 0.6 is 0 Å². The average molecular weight is 197 g/mol. The van der Waals surface area contributed by atoms with E-state index in [1.54, 1.807) is 6.92 Å². The third kappa shape index (κ3) is 2.32. The van der Waals surface area contributed by atoms with Crippen LogP contribution in [0.4, 0.5) is 5.95 Å². The molecule has 6 nitrogen and oxygen atoms in total. The molecule has 0 aliphatic carbocycles. The number of aliphatic carboxylic acids is 1. The van der Waals surface area contributed by atoms with Crippen molar-refractivity contribution in [2.75, 3.05) is 5.73 Å². The monoisotopic (exact) mass is 197 g/mol. The van der Waals surface area contributed by atoms with E-state index < -0.39 is 5.97 Å². The fraction of sp³-hybridized carbons (Fsp3) is 0.375. The minimum atomic E-state index is -0.975. The van der Waals surface area contributed by atoms with Crippen LogP contribution in [0.25, 0.3) is 0 Å². The molecule has 0 radical (unpaired) electrons. The lowest BCUT2D eigenvalue weighted by Crippen LogP contribution is -2.25. The van der Waals surface area contributed by atoms with Gasteiger partial charge < -0.3 is 10.8 Å². The minimum Gasteiger partial charge on any atom is -0.481 e. The highest BCUT2D eigenvalue weighted by Crippen LogP contribution is 1.97. The van der Waals surface area contributed by atoms with E-state index in [0.717, 1.165) is 4.57 Å². The SMILES string of the molecule is Cc1cc(=O)n(CCC(=O)O)c(N)n1. The number of carboxylic acid groups (broad SMARTS) is 1. The molecule has 0 atom stereocenters. The van der Waals surface area contributed by atoms with Gasteiger partial charge >= 0.3 is 5.97 Å². The Hall–Kier alpha value is -1.85. The van der Waals surface area contributed by atoms with Gasteiger partial charge in [0.2, 0.25) is 5.95 Å². The van der Waals surface area contributed by atoms with Crippen molar-refractivity contribution in [2.45, 2.75) is 19.9 Å². The van der Waals surface area contributed by atoms with E-state index in [1.807, 2.05) is 0 Å².